The molecule has 6 rings (SSSR count). The standard InChI is InChI=1S/C32H22N5/c1-33-28-18-11-19-29(22-28)37-35-34-23-36(37)32-30(25-14-7-3-8-15-25)20-27(24-12-5-2-6-13-24)21-31(32)26-16-9-4-10-17-26/h2-23H/q+1. The van der Waals surface area contributed by atoms with E-state index in [4.69, 9.17) is 6.57 Å². The summed E-state index contributed by atoms with van der Waals surface area (Å²) in [4.78, 5) is 5.34. The highest BCUT2D eigenvalue weighted by atomic mass is 15.6. The van der Waals surface area contributed by atoms with Gasteiger partial charge < -0.3 is 0 Å². The quantitative estimate of drug-likeness (QED) is 0.197. The third-order valence-corrected chi connectivity index (χ3v) is 6.31. The molecule has 1 heterocycles. The van der Waals surface area contributed by atoms with E-state index in [1.165, 1.54) is 0 Å². The normalized spacial score (nSPS) is 10.7. The van der Waals surface area contributed by atoms with Crippen LogP contribution in [0.15, 0.2) is 134 Å². The lowest BCUT2D eigenvalue weighted by atomic mass is 9.91. The molecule has 0 saturated carbocycles. The summed E-state index contributed by atoms with van der Waals surface area (Å²) in [6.07, 6.45) is 1.72. The molecule has 6 aromatic rings. The SMILES string of the molecule is [C-]#[N+]c1cccc(-n2nnc[n+]2-c2c(-c3ccccc3)cc(-c3ccccc3)cc2-c2ccccc2)c1. The maximum absolute atomic E-state index is 7.45. The summed E-state index contributed by atoms with van der Waals surface area (Å²) in [5, 5.41) is 8.69. The molecular formula is C32H22N5+. The first-order valence-corrected chi connectivity index (χ1v) is 12.0. The minimum absolute atomic E-state index is 0.547. The van der Waals surface area contributed by atoms with Crippen LogP contribution in [0.4, 0.5) is 5.69 Å². The molecule has 5 nitrogen and oxygen atoms in total. The van der Waals surface area contributed by atoms with Gasteiger partial charge in [0.1, 0.15) is 16.5 Å². The molecule has 0 unspecified atom stereocenters. The first-order valence-electron chi connectivity index (χ1n) is 12.0. The summed E-state index contributed by atoms with van der Waals surface area (Å²) in [7, 11) is 0. The average Bonchev–Trinajstić information content (AvgIpc) is 3.47. The zero-order valence-corrected chi connectivity index (χ0v) is 19.9. The van der Waals surface area contributed by atoms with Gasteiger partial charge in [0, 0.05) is 11.1 Å². The first kappa shape index (κ1) is 22.1. The van der Waals surface area contributed by atoms with Crippen molar-refractivity contribution in [2.24, 2.45) is 0 Å². The molecule has 0 aliphatic heterocycles. The van der Waals surface area contributed by atoms with Gasteiger partial charge in [0.15, 0.2) is 10.9 Å². The van der Waals surface area contributed by atoms with Crippen LogP contribution in [0.25, 0.3) is 49.6 Å². The topological polar surface area (TPSA) is 39.0 Å². The molecule has 0 bridgehead atoms. The molecule has 174 valence electrons. The lowest BCUT2D eigenvalue weighted by Crippen LogP contribution is -2.41. The van der Waals surface area contributed by atoms with Gasteiger partial charge in [-0.25, -0.2) is 4.85 Å². The Labute approximate surface area is 215 Å². The van der Waals surface area contributed by atoms with Crippen LogP contribution >= 0.6 is 0 Å². The molecule has 37 heavy (non-hydrogen) atoms. The predicted octanol–water partition coefficient (Wildman–Crippen LogP) is 7.10. The van der Waals surface area contributed by atoms with Crippen LogP contribution < -0.4 is 4.68 Å². The highest BCUT2D eigenvalue weighted by molar-refractivity contribution is 5.88. The van der Waals surface area contributed by atoms with Gasteiger partial charge in [0.2, 0.25) is 0 Å². The zero-order chi connectivity index (χ0) is 25.0. The third-order valence-electron chi connectivity index (χ3n) is 6.31. The van der Waals surface area contributed by atoms with Crippen LogP contribution in [-0.2, 0) is 0 Å². The van der Waals surface area contributed by atoms with E-state index in [0.717, 1.165) is 44.8 Å². The van der Waals surface area contributed by atoms with Crippen LogP contribution in [0.1, 0.15) is 0 Å². The van der Waals surface area contributed by atoms with Gasteiger partial charge in [-0.1, -0.05) is 103 Å². The molecule has 0 spiro atoms. The molecular weight excluding hydrogens is 454 g/mol. The highest BCUT2D eigenvalue weighted by Crippen LogP contribution is 2.37. The molecule has 5 aromatic carbocycles. The maximum atomic E-state index is 7.45. The second-order valence-corrected chi connectivity index (χ2v) is 8.60. The van der Waals surface area contributed by atoms with Crippen LogP contribution in [0.3, 0.4) is 0 Å². The van der Waals surface area contributed by atoms with Gasteiger partial charge in [-0.3, -0.25) is 0 Å². The summed E-state index contributed by atoms with van der Waals surface area (Å²) in [5.41, 5.74) is 8.80. The zero-order valence-electron chi connectivity index (χ0n) is 19.9. The van der Waals surface area contributed by atoms with E-state index in [2.05, 4.69) is 100 Å². The van der Waals surface area contributed by atoms with Crippen molar-refractivity contribution < 1.29 is 4.68 Å². The largest absolute Gasteiger partial charge is 0.294 e. The van der Waals surface area contributed by atoms with Crippen LogP contribution in [0, 0.1) is 6.57 Å². The summed E-state index contributed by atoms with van der Waals surface area (Å²) in [6.45, 7) is 7.45. The van der Waals surface area contributed by atoms with E-state index >= 15 is 0 Å². The van der Waals surface area contributed by atoms with E-state index in [0.29, 0.717) is 5.69 Å². The van der Waals surface area contributed by atoms with Crippen molar-refractivity contribution in [2.75, 3.05) is 0 Å². The summed E-state index contributed by atoms with van der Waals surface area (Å²) >= 11 is 0. The second-order valence-electron chi connectivity index (χ2n) is 8.60. The van der Waals surface area contributed by atoms with E-state index < -0.39 is 0 Å². The Balaban J connectivity index is 1.70. The first-order chi connectivity index (χ1) is 18.3. The molecule has 0 radical (unpaired) electrons. The van der Waals surface area contributed by atoms with E-state index in [-0.39, 0.29) is 0 Å². The van der Waals surface area contributed by atoms with Crippen molar-refractivity contribution in [3.8, 4) is 44.8 Å². The lowest BCUT2D eigenvalue weighted by Gasteiger charge is -2.17. The van der Waals surface area contributed by atoms with E-state index in [1.54, 1.807) is 17.2 Å². The number of tetrazole rings is 1. The molecule has 0 aliphatic rings. The van der Waals surface area contributed by atoms with Gasteiger partial charge in [-0.2, -0.15) is 0 Å². The number of rotatable bonds is 5. The summed E-state index contributed by atoms with van der Waals surface area (Å²) < 4.78 is 1.96. The highest BCUT2D eigenvalue weighted by Gasteiger charge is 2.24. The van der Waals surface area contributed by atoms with Crippen molar-refractivity contribution in [2.45, 2.75) is 0 Å². The Morgan fingerprint density at radius 2 is 1.16 bits per heavy atom. The van der Waals surface area contributed by atoms with Crippen molar-refractivity contribution in [3.63, 3.8) is 0 Å². The van der Waals surface area contributed by atoms with Gasteiger partial charge in [0.05, 0.1) is 6.57 Å². The van der Waals surface area contributed by atoms with Crippen molar-refractivity contribution >= 4 is 5.69 Å². The Hall–Kier alpha value is -5.34. The molecule has 0 aliphatic carbocycles. The number of benzene rings is 5. The molecule has 0 fully saturated rings. The summed E-state index contributed by atoms with van der Waals surface area (Å²) in [5.74, 6) is 0. The molecule has 1 aromatic heterocycles. The van der Waals surface area contributed by atoms with Crippen molar-refractivity contribution in [1.29, 1.82) is 0 Å². The van der Waals surface area contributed by atoms with E-state index in [1.807, 2.05) is 41.1 Å². The number of nitrogens with zero attached hydrogens (tertiary/aromatic N) is 5. The minimum Gasteiger partial charge on any atom is -0.238 e. The van der Waals surface area contributed by atoms with Crippen LogP contribution in [-0.4, -0.2) is 15.1 Å². The van der Waals surface area contributed by atoms with Gasteiger partial charge in [-0.15, -0.1) is 4.68 Å². The fourth-order valence-corrected chi connectivity index (χ4v) is 4.58. The van der Waals surface area contributed by atoms with Gasteiger partial charge >= 0.3 is 0 Å². The molecule has 0 atom stereocenters. The Bertz CT molecular complexity index is 1660. The number of hydrogen-bond acceptors (Lipinski definition) is 2. The Morgan fingerprint density at radius 1 is 0.595 bits per heavy atom. The average molecular weight is 477 g/mol. The third kappa shape index (κ3) is 4.29. The molecule has 0 saturated heterocycles. The smallest absolute Gasteiger partial charge is 0.238 e. The van der Waals surface area contributed by atoms with E-state index in [9.17, 15) is 0 Å². The van der Waals surface area contributed by atoms with Crippen molar-refractivity contribution in [1.82, 2.24) is 15.1 Å². The lowest BCUT2D eigenvalue weighted by molar-refractivity contribution is -0.679. The Morgan fingerprint density at radius 3 is 1.73 bits per heavy atom. The number of aromatic nitrogens is 4. The van der Waals surface area contributed by atoms with Crippen LogP contribution in [0.5, 0.6) is 0 Å². The molecule has 5 heteroatoms. The number of hydrogen-bond donors (Lipinski definition) is 0. The minimum atomic E-state index is 0.547. The second kappa shape index (κ2) is 9.73. The Kier molecular flexibility index (Phi) is 5.82. The maximum Gasteiger partial charge on any atom is 0.294 e. The fraction of sp³-hybridized carbons (Fsp3) is 0. The van der Waals surface area contributed by atoms with Gasteiger partial charge in [-0.05, 0) is 51.3 Å². The monoisotopic (exact) mass is 476 g/mol. The van der Waals surface area contributed by atoms with Crippen LogP contribution in [0.2, 0.25) is 0 Å². The fourth-order valence-electron chi connectivity index (χ4n) is 4.58. The predicted molar refractivity (Wildman–Crippen MR) is 145 cm³/mol. The van der Waals surface area contributed by atoms with Crippen molar-refractivity contribution in [3.05, 3.63) is 145 Å². The molecule has 0 N–H and O–H groups in total. The summed E-state index contributed by atoms with van der Waals surface area (Å²) in [6, 6.07) is 43.0. The van der Waals surface area contributed by atoms with Gasteiger partial charge in [0.25, 0.3) is 6.33 Å². The molecule has 0 amide bonds.